The number of nitrogens with zero attached hydrogens (tertiary/aromatic N) is 1. The molecule has 0 aliphatic rings. The van der Waals surface area contributed by atoms with Crippen LogP contribution in [0.3, 0.4) is 0 Å². The van der Waals surface area contributed by atoms with Crippen molar-refractivity contribution in [1.82, 2.24) is 9.97 Å². The molecule has 130 valence electrons. The van der Waals surface area contributed by atoms with E-state index in [4.69, 9.17) is 9.84 Å². The van der Waals surface area contributed by atoms with Crippen molar-refractivity contribution in [3.8, 4) is 5.75 Å². The number of carbonyl (C=O) groups is 1. The second-order valence-electron chi connectivity index (χ2n) is 7.14. The number of benzene rings is 1. The molecule has 0 atom stereocenters. The van der Waals surface area contributed by atoms with Gasteiger partial charge < -0.3 is 14.8 Å². The highest BCUT2D eigenvalue weighted by Crippen LogP contribution is 2.34. The van der Waals surface area contributed by atoms with Gasteiger partial charge in [0.25, 0.3) is 0 Å². The zero-order valence-corrected chi connectivity index (χ0v) is 14.9. The Balaban J connectivity index is 2.13. The van der Waals surface area contributed by atoms with Gasteiger partial charge in [-0.05, 0) is 29.8 Å². The van der Waals surface area contributed by atoms with Crippen molar-refractivity contribution in [2.75, 3.05) is 7.11 Å². The summed E-state index contributed by atoms with van der Waals surface area (Å²) in [7, 11) is 1.65. The molecule has 5 heteroatoms. The minimum absolute atomic E-state index is 0.0660. The van der Waals surface area contributed by atoms with Crippen molar-refractivity contribution in [3.63, 3.8) is 0 Å². The largest absolute Gasteiger partial charge is 0.497 e. The first-order chi connectivity index (χ1) is 11.8. The van der Waals surface area contributed by atoms with Crippen LogP contribution in [0.25, 0.3) is 10.9 Å². The van der Waals surface area contributed by atoms with Crippen molar-refractivity contribution in [1.29, 1.82) is 0 Å². The van der Waals surface area contributed by atoms with Gasteiger partial charge in [-0.25, -0.2) is 9.78 Å². The van der Waals surface area contributed by atoms with Crippen molar-refractivity contribution < 1.29 is 14.6 Å². The van der Waals surface area contributed by atoms with Crippen LogP contribution in [0, 0.1) is 0 Å². The molecular formula is C20H22N2O3. The predicted molar refractivity (Wildman–Crippen MR) is 97.6 cm³/mol. The molecule has 0 unspecified atom stereocenters. The van der Waals surface area contributed by atoms with Gasteiger partial charge in [0, 0.05) is 40.2 Å². The van der Waals surface area contributed by atoms with E-state index in [-0.39, 0.29) is 11.1 Å². The van der Waals surface area contributed by atoms with E-state index in [2.05, 4.69) is 30.7 Å². The molecule has 2 aromatic heterocycles. The Labute approximate surface area is 146 Å². The summed E-state index contributed by atoms with van der Waals surface area (Å²) in [5.41, 5.74) is 4.00. The molecule has 0 fully saturated rings. The van der Waals surface area contributed by atoms with Gasteiger partial charge in [-0.1, -0.05) is 26.8 Å². The molecule has 2 N–H and O–H groups in total. The van der Waals surface area contributed by atoms with Crippen LogP contribution in [0.2, 0.25) is 0 Å². The highest BCUT2D eigenvalue weighted by atomic mass is 16.5. The number of rotatable bonds is 4. The summed E-state index contributed by atoms with van der Waals surface area (Å²) in [4.78, 5) is 19.0. The number of nitrogens with one attached hydrogen (secondary N) is 1. The van der Waals surface area contributed by atoms with Gasteiger partial charge in [0.2, 0.25) is 0 Å². The molecule has 5 nitrogen and oxygen atoms in total. The van der Waals surface area contributed by atoms with Gasteiger partial charge in [0.05, 0.1) is 7.11 Å². The van der Waals surface area contributed by atoms with E-state index >= 15 is 0 Å². The number of ether oxygens (including phenoxy) is 1. The lowest BCUT2D eigenvalue weighted by atomic mass is 9.87. The van der Waals surface area contributed by atoms with E-state index in [1.807, 2.05) is 24.3 Å². The van der Waals surface area contributed by atoms with Crippen LogP contribution in [-0.4, -0.2) is 28.2 Å². The Hall–Kier alpha value is -2.82. The van der Waals surface area contributed by atoms with E-state index in [1.54, 1.807) is 13.2 Å². The summed E-state index contributed by atoms with van der Waals surface area (Å²) >= 11 is 0. The molecule has 0 aliphatic carbocycles. The molecule has 0 amide bonds. The number of aromatic nitrogens is 2. The normalized spacial score (nSPS) is 11.7. The van der Waals surface area contributed by atoms with E-state index in [0.717, 1.165) is 33.6 Å². The van der Waals surface area contributed by atoms with E-state index in [0.29, 0.717) is 6.42 Å². The average molecular weight is 338 g/mol. The summed E-state index contributed by atoms with van der Waals surface area (Å²) < 4.78 is 5.32. The lowest BCUT2D eigenvalue weighted by Gasteiger charge is -2.19. The third-order valence-corrected chi connectivity index (χ3v) is 4.25. The van der Waals surface area contributed by atoms with Crippen LogP contribution in [0.4, 0.5) is 0 Å². The Bertz CT molecular complexity index is 936. The Morgan fingerprint density at radius 1 is 1.24 bits per heavy atom. The number of pyridine rings is 1. The van der Waals surface area contributed by atoms with Gasteiger partial charge in [-0.2, -0.15) is 0 Å². The van der Waals surface area contributed by atoms with Gasteiger partial charge in [0.1, 0.15) is 11.4 Å². The fourth-order valence-electron chi connectivity index (χ4n) is 3.06. The van der Waals surface area contributed by atoms with Crippen molar-refractivity contribution >= 4 is 16.9 Å². The molecule has 1 aromatic carbocycles. The first-order valence-corrected chi connectivity index (χ1v) is 8.18. The molecule has 0 saturated carbocycles. The molecule has 0 spiro atoms. The van der Waals surface area contributed by atoms with Crippen molar-refractivity contribution in [2.45, 2.75) is 32.6 Å². The standard InChI is InChI=1S/C20H22N2O3/c1-20(2,3)18-15(10-12-6-5-7-16(21-12)19(23)24)14-9-8-13(25-4)11-17(14)22-18/h5-9,11,22H,10H2,1-4H3,(H,23,24). The monoisotopic (exact) mass is 338 g/mol. The molecular weight excluding hydrogens is 316 g/mol. The Kier molecular flexibility index (Phi) is 4.25. The maximum atomic E-state index is 11.2. The first kappa shape index (κ1) is 17.0. The van der Waals surface area contributed by atoms with E-state index in [9.17, 15) is 4.79 Å². The number of aromatic carboxylic acids is 1. The van der Waals surface area contributed by atoms with Crippen LogP contribution in [0.15, 0.2) is 36.4 Å². The molecule has 0 bridgehead atoms. The number of hydrogen-bond donors (Lipinski definition) is 2. The number of carboxylic acid groups (broad SMARTS) is 1. The molecule has 0 aliphatic heterocycles. The van der Waals surface area contributed by atoms with Gasteiger partial charge in [0.15, 0.2) is 0 Å². The number of aromatic amines is 1. The first-order valence-electron chi connectivity index (χ1n) is 8.18. The second kappa shape index (κ2) is 6.24. The SMILES string of the molecule is COc1ccc2c(Cc3cccc(C(=O)O)n3)c(C(C)(C)C)[nH]c2c1. The number of fused-ring (bicyclic) bond motifs is 1. The van der Waals surface area contributed by atoms with Crippen molar-refractivity contribution in [3.05, 3.63) is 59.0 Å². The zero-order chi connectivity index (χ0) is 18.2. The zero-order valence-electron chi connectivity index (χ0n) is 14.9. The number of H-pyrrole nitrogens is 1. The molecule has 3 aromatic rings. The minimum Gasteiger partial charge on any atom is -0.497 e. The maximum Gasteiger partial charge on any atom is 0.354 e. The third-order valence-electron chi connectivity index (χ3n) is 4.25. The van der Waals surface area contributed by atoms with Crippen LogP contribution in [0.5, 0.6) is 5.75 Å². The highest BCUT2D eigenvalue weighted by Gasteiger charge is 2.23. The fourth-order valence-corrected chi connectivity index (χ4v) is 3.06. The van der Waals surface area contributed by atoms with Crippen LogP contribution in [0.1, 0.15) is 48.2 Å². The fraction of sp³-hybridized carbons (Fsp3) is 0.300. The van der Waals surface area contributed by atoms with Crippen LogP contribution in [-0.2, 0) is 11.8 Å². The average Bonchev–Trinajstić information content (AvgIpc) is 2.93. The summed E-state index contributed by atoms with van der Waals surface area (Å²) in [5, 5.41) is 10.3. The lowest BCUT2D eigenvalue weighted by Crippen LogP contribution is -2.14. The van der Waals surface area contributed by atoms with Crippen LogP contribution >= 0.6 is 0 Å². The van der Waals surface area contributed by atoms with E-state index in [1.165, 1.54) is 6.07 Å². The third kappa shape index (κ3) is 3.36. The smallest absolute Gasteiger partial charge is 0.354 e. The molecule has 0 radical (unpaired) electrons. The lowest BCUT2D eigenvalue weighted by molar-refractivity contribution is 0.0690. The summed E-state index contributed by atoms with van der Waals surface area (Å²) in [6.45, 7) is 6.46. The molecule has 0 saturated heterocycles. The molecule has 25 heavy (non-hydrogen) atoms. The number of hydrogen-bond acceptors (Lipinski definition) is 3. The highest BCUT2D eigenvalue weighted by molar-refractivity contribution is 5.87. The predicted octanol–water partition coefficient (Wildman–Crippen LogP) is 4.16. The van der Waals surface area contributed by atoms with Gasteiger partial charge in [-0.3, -0.25) is 0 Å². The van der Waals surface area contributed by atoms with Gasteiger partial charge in [-0.15, -0.1) is 0 Å². The van der Waals surface area contributed by atoms with E-state index < -0.39 is 5.97 Å². The topological polar surface area (TPSA) is 75.2 Å². The number of methoxy groups -OCH3 is 1. The number of carboxylic acids is 1. The van der Waals surface area contributed by atoms with Crippen LogP contribution < -0.4 is 4.74 Å². The van der Waals surface area contributed by atoms with Crippen molar-refractivity contribution in [2.24, 2.45) is 0 Å². The summed E-state index contributed by atoms with van der Waals surface area (Å²) in [6.07, 6.45) is 0.569. The maximum absolute atomic E-state index is 11.2. The minimum atomic E-state index is -1.01. The second-order valence-corrected chi connectivity index (χ2v) is 7.14. The molecule has 2 heterocycles. The summed E-state index contributed by atoms with van der Waals surface area (Å²) in [5.74, 6) is -0.215. The summed E-state index contributed by atoms with van der Waals surface area (Å²) in [6, 6.07) is 11.1. The Morgan fingerprint density at radius 2 is 2.00 bits per heavy atom. The Morgan fingerprint density at radius 3 is 2.64 bits per heavy atom. The molecule has 3 rings (SSSR count). The van der Waals surface area contributed by atoms with Gasteiger partial charge >= 0.3 is 5.97 Å². The quantitative estimate of drug-likeness (QED) is 0.749.